The monoisotopic (exact) mass is 434 g/mol. The summed E-state index contributed by atoms with van der Waals surface area (Å²) in [5.74, 6) is 1.04. The normalized spacial score (nSPS) is 12.1. The molecule has 1 unspecified atom stereocenters. The summed E-state index contributed by atoms with van der Waals surface area (Å²) < 4.78 is 35.8. The minimum absolute atomic E-state index is 0.222. The third kappa shape index (κ3) is 6.95. The van der Waals surface area contributed by atoms with Crippen LogP contribution in [0.15, 0.2) is 48.5 Å². The van der Waals surface area contributed by atoms with Crippen LogP contribution in [-0.4, -0.2) is 46.9 Å². The van der Waals surface area contributed by atoms with Crippen molar-refractivity contribution in [3.05, 3.63) is 54.1 Å². The Morgan fingerprint density at radius 3 is 2.17 bits per heavy atom. The molecule has 2 aromatic rings. The van der Waals surface area contributed by atoms with Gasteiger partial charge < -0.3 is 14.8 Å². The Hall–Kier alpha value is -2.74. The van der Waals surface area contributed by atoms with Gasteiger partial charge in [-0.2, -0.15) is 0 Å². The molecule has 1 N–H and O–H groups in total. The van der Waals surface area contributed by atoms with Gasteiger partial charge >= 0.3 is 0 Å². The molecule has 0 fully saturated rings. The Kier molecular flexibility index (Phi) is 8.53. The van der Waals surface area contributed by atoms with Crippen LogP contribution in [0.2, 0.25) is 0 Å². The average Bonchev–Trinajstić information content (AvgIpc) is 2.74. The predicted octanol–water partition coefficient (Wildman–Crippen LogP) is 3.00. The van der Waals surface area contributed by atoms with Gasteiger partial charge in [-0.1, -0.05) is 26.0 Å². The van der Waals surface area contributed by atoms with Crippen LogP contribution in [0.3, 0.4) is 0 Å². The van der Waals surface area contributed by atoms with E-state index in [1.54, 1.807) is 24.3 Å². The molecule has 2 aromatic carbocycles. The van der Waals surface area contributed by atoms with Gasteiger partial charge in [0.15, 0.2) is 6.10 Å². The van der Waals surface area contributed by atoms with Gasteiger partial charge in [0, 0.05) is 7.05 Å². The van der Waals surface area contributed by atoms with Crippen molar-refractivity contribution >= 4 is 21.6 Å². The fourth-order valence-electron chi connectivity index (χ4n) is 2.69. The summed E-state index contributed by atoms with van der Waals surface area (Å²) in [6.45, 7) is 4.69. The molecule has 164 valence electrons. The molecule has 0 aliphatic carbocycles. The Labute approximate surface area is 179 Å². The molecule has 0 saturated carbocycles. The topological polar surface area (TPSA) is 84.9 Å². The van der Waals surface area contributed by atoms with Gasteiger partial charge in [-0.3, -0.25) is 9.10 Å². The second-order valence-corrected chi connectivity index (χ2v) is 8.89. The fourth-order valence-corrected chi connectivity index (χ4v) is 3.20. The summed E-state index contributed by atoms with van der Waals surface area (Å²) in [6.07, 6.45) is 1.97. The number of rotatable bonds is 11. The highest BCUT2D eigenvalue weighted by Gasteiger charge is 2.18. The number of carbonyl (C=O) groups is 1. The Balaban J connectivity index is 1.82. The number of ether oxygens (including phenoxy) is 2. The SMILES string of the molecule is CCc1ccc(OCCNC(=O)C(CC)Oc2ccc(N(C)S(C)(=O)=O)cc2)cc1. The van der Waals surface area contributed by atoms with Gasteiger partial charge in [-0.25, -0.2) is 8.42 Å². The van der Waals surface area contributed by atoms with Gasteiger partial charge in [0.05, 0.1) is 18.5 Å². The van der Waals surface area contributed by atoms with Gasteiger partial charge in [0.1, 0.15) is 18.1 Å². The maximum atomic E-state index is 12.4. The quantitative estimate of drug-likeness (QED) is 0.550. The summed E-state index contributed by atoms with van der Waals surface area (Å²) in [5, 5.41) is 2.82. The number of benzene rings is 2. The highest BCUT2D eigenvalue weighted by Crippen LogP contribution is 2.21. The van der Waals surface area contributed by atoms with E-state index in [0.717, 1.165) is 18.4 Å². The smallest absolute Gasteiger partial charge is 0.261 e. The molecule has 0 heterocycles. The lowest BCUT2D eigenvalue weighted by Gasteiger charge is -2.19. The number of amides is 1. The largest absolute Gasteiger partial charge is 0.492 e. The lowest BCUT2D eigenvalue weighted by molar-refractivity contribution is -0.128. The summed E-state index contributed by atoms with van der Waals surface area (Å²) in [6, 6.07) is 14.5. The van der Waals surface area contributed by atoms with E-state index in [9.17, 15) is 13.2 Å². The number of sulfonamides is 1. The Bertz CT molecular complexity index is 912. The molecule has 0 aromatic heterocycles. The van der Waals surface area contributed by atoms with E-state index >= 15 is 0 Å². The van der Waals surface area contributed by atoms with E-state index in [-0.39, 0.29) is 5.91 Å². The number of hydrogen-bond donors (Lipinski definition) is 1. The summed E-state index contributed by atoms with van der Waals surface area (Å²) >= 11 is 0. The van der Waals surface area contributed by atoms with E-state index in [0.29, 0.717) is 31.0 Å². The summed E-state index contributed by atoms with van der Waals surface area (Å²) in [7, 11) is -1.85. The minimum Gasteiger partial charge on any atom is -0.492 e. The van der Waals surface area contributed by atoms with Crippen molar-refractivity contribution in [2.75, 3.05) is 30.8 Å². The van der Waals surface area contributed by atoms with Gasteiger partial charge in [-0.05, 0) is 54.8 Å². The Morgan fingerprint density at radius 2 is 1.63 bits per heavy atom. The first kappa shape index (κ1) is 23.5. The third-order valence-corrected chi connectivity index (χ3v) is 5.85. The number of hydrogen-bond acceptors (Lipinski definition) is 5. The molecular formula is C22H30N2O5S. The van der Waals surface area contributed by atoms with Crippen molar-refractivity contribution in [2.24, 2.45) is 0 Å². The molecule has 0 radical (unpaired) electrons. The molecule has 8 heteroatoms. The predicted molar refractivity (Wildman–Crippen MR) is 119 cm³/mol. The highest BCUT2D eigenvalue weighted by atomic mass is 32.2. The molecule has 0 saturated heterocycles. The van der Waals surface area contributed by atoms with Crippen LogP contribution in [0.4, 0.5) is 5.69 Å². The van der Waals surface area contributed by atoms with Crippen LogP contribution >= 0.6 is 0 Å². The fraction of sp³-hybridized carbons (Fsp3) is 0.409. The third-order valence-electron chi connectivity index (χ3n) is 4.64. The molecule has 0 aliphatic heterocycles. The molecular weight excluding hydrogens is 404 g/mol. The standard InChI is InChI=1S/C22H30N2O5S/c1-5-17-7-11-19(12-8-17)28-16-15-23-22(25)21(6-2)29-20-13-9-18(10-14-20)24(3)30(4,26)27/h7-14,21H,5-6,15-16H2,1-4H3,(H,23,25). The van der Waals surface area contributed by atoms with Crippen LogP contribution in [-0.2, 0) is 21.2 Å². The molecule has 30 heavy (non-hydrogen) atoms. The molecule has 0 aliphatic rings. The molecule has 7 nitrogen and oxygen atoms in total. The van der Waals surface area contributed by atoms with Crippen molar-refractivity contribution in [1.29, 1.82) is 0 Å². The molecule has 1 atom stereocenters. The summed E-state index contributed by atoms with van der Waals surface area (Å²) in [4.78, 5) is 12.4. The van der Waals surface area contributed by atoms with E-state index in [2.05, 4.69) is 12.2 Å². The zero-order valence-corrected chi connectivity index (χ0v) is 18.7. The van der Waals surface area contributed by atoms with E-state index in [1.807, 2.05) is 31.2 Å². The average molecular weight is 435 g/mol. The minimum atomic E-state index is -3.33. The highest BCUT2D eigenvalue weighted by molar-refractivity contribution is 7.92. The maximum absolute atomic E-state index is 12.4. The maximum Gasteiger partial charge on any atom is 0.261 e. The van der Waals surface area contributed by atoms with Crippen LogP contribution < -0.4 is 19.1 Å². The van der Waals surface area contributed by atoms with Crippen molar-refractivity contribution in [1.82, 2.24) is 5.32 Å². The van der Waals surface area contributed by atoms with Crippen LogP contribution in [0.25, 0.3) is 0 Å². The zero-order chi connectivity index (χ0) is 22.1. The first-order chi connectivity index (χ1) is 14.2. The second-order valence-electron chi connectivity index (χ2n) is 6.88. The van der Waals surface area contributed by atoms with Crippen molar-refractivity contribution in [3.63, 3.8) is 0 Å². The number of anilines is 1. The summed E-state index contributed by atoms with van der Waals surface area (Å²) in [5.41, 5.74) is 1.76. The molecule has 0 spiro atoms. The van der Waals surface area contributed by atoms with Crippen LogP contribution in [0, 0.1) is 0 Å². The zero-order valence-electron chi connectivity index (χ0n) is 17.9. The molecule has 1 amide bonds. The number of nitrogens with zero attached hydrogens (tertiary/aromatic N) is 1. The lowest BCUT2D eigenvalue weighted by atomic mass is 10.2. The Morgan fingerprint density at radius 1 is 1.03 bits per heavy atom. The van der Waals surface area contributed by atoms with Crippen LogP contribution in [0.1, 0.15) is 25.8 Å². The lowest BCUT2D eigenvalue weighted by Crippen LogP contribution is -2.39. The second kappa shape index (κ2) is 10.9. The van der Waals surface area contributed by atoms with Gasteiger partial charge in [-0.15, -0.1) is 0 Å². The number of nitrogens with one attached hydrogen (secondary N) is 1. The van der Waals surface area contributed by atoms with E-state index in [1.165, 1.54) is 16.9 Å². The molecule has 0 bridgehead atoms. The molecule has 2 rings (SSSR count). The van der Waals surface area contributed by atoms with Gasteiger partial charge in [0.2, 0.25) is 10.0 Å². The van der Waals surface area contributed by atoms with Gasteiger partial charge in [0.25, 0.3) is 5.91 Å². The van der Waals surface area contributed by atoms with E-state index in [4.69, 9.17) is 9.47 Å². The number of aryl methyl sites for hydroxylation is 1. The first-order valence-electron chi connectivity index (χ1n) is 9.94. The van der Waals surface area contributed by atoms with Crippen LogP contribution in [0.5, 0.6) is 11.5 Å². The van der Waals surface area contributed by atoms with Crippen molar-refractivity contribution in [2.45, 2.75) is 32.8 Å². The van der Waals surface area contributed by atoms with E-state index < -0.39 is 16.1 Å². The van der Waals surface area contributed by atoms with Crippen molar-refractivity contribution < 1.29 is 22.7 Å². The first-order valence-corrected chi connectivity index (χ1v) is 11.8. The number of carbonyl (C=O) groups excluding carboxylic acids is 1. The van der Waals surface area contributed by atoms with Crippen molar-refractivity contribution in [3.8, 4) is 11.5 Å².